The number of halogens is 1. The lowest BCUT2D eigenvalue weighted by Gasteiger charge is -2.32. The third-order valence-electron chi connectivity index (χ3n) is 3.95. The van der Waals surface area contributed by atoms with E-state index in [9.17, 15) is 0 Å². The first-order valence-corrected chi connectivity index (χ1v) is 7.72. The van der Waals surface area contributed by atoms with E-state index < -0.39 is 0 Å². The fourth-order valence-corrected chi connectivity index (χ4v) is 3.59. The van der Waals surface area contributed by atoms with Crippen LogP contribution in [0.25, 0.3) is 0 Å². The van der Waals surface area contributed by atoms with E-state index in [0.29, 0.717) is 11.3 Å². The monoisotopic (exact) mass is 276 g/mol. The van der Waals surface area contributed by atoms with E-state index in [1.165, 1.54) is 23.1 Å². The lowest BCUT2D eigenvalue weighted by atomic mass is 9.76. The van der Waals surface area contributed by atoms with Gasteiger partial charge in [0.25, 0.3) is 0 Å². The van der Waals surface area contributed by atoms with Crippen molar-refractivity contribution in [3.8, 4) is 0 Å². The predicted molar refractivity (Wildman–Crippen MR) is 85.0 cm³/mol. The smallest absolute Gasteiger partial charge is 0.0523 e. The summed E-state index contributed by atoms with van der Waals surface area (Å²) in [6.45, 7) is 9.10. The predicted octanol–water partition coefficient (Wildman–Crippen LogP) is 5.71. The van der Waals surface area contributed by atoms with Crippen LogP contribution in [0.5, 0.6) is 0 Å². The summed E-state index contributed by atoms with van der Waals surface area (Å²) >= 11 is 6.35. The molecule has 1 aromatic carbocycles. The van der Waals surface area contributed by atoms with Gasteiger partial charge in [-0.15, -0.1) is 11.6 Å². The van der Waals surface area contributed by atoms with Gasteiger partial charge in [0.05, 0.1) is 5.38 Å². The Kier molecular flexibility index (Phi) is 4.40. The van der Waals surface area contributed by atoms with E-state index in [4.69, 9.17) is 11.6 Å². The Morgan fingerprint density at radius 3 is 2.37 bits per heavy atom. The minimum atomic E-state index is 0.202. The van der Waals surface area contributed by atoms with E-state index in [-0.39, 0.29) is 5.38 Å². The average molecular weight is 277 g/mol. The Morgan fingerprint density at radius 1 is 1.21 bits per heavy atom. The van der Waals surface area contributed by atoms with Crippen molar-refractivity contribution in [3.63, 3.8) is 0 Å². The van der Waals surface area contributed by atoms with Crippen LogP contribution in [0.3, 0.4) is 0 Å². The third kappa shape index (κ3) is 4.11. The minimum Gasteiger partial charge on any atom is -0.118 e. The van der Waals surface area contributed by atoms with Gasteiger partial charge in [-0.05, 0) is 41.7 Å². The zero-order valence-electron chi connectivity index (χ0n) is 12.5. The van der Waals surface area contributed by atoms with Crippen LogP contribution in [0.4, 0.5) is 0 Å². The highest BCUT2D eigenvalue weighted by molar-refractivity contribution is 6.21. The normalized spacial score (nSPS) is 22.4. The second-order valence-corrected chi connectivity index (χ2v) is 7.52. The van der Waals surface area contributed by atoms with Crippen molar-refractivity contribution in [2.24, 2.45) is 5.41 Å². The molecule has 1 aliphatic rings. The Labute approximate surface area is 122 Å². The summed E-state index contributed by atoms with van der Waals surface area (Å²) in [5.41, 5.74) is 4.65. The number of alkyl halides is 1. The van der Waals surface area contributed by atoms with Crippen molar-refractivity contribution < 1.29 is 0 Å². The molecule has 0 nitrogen and oxygen atoms in total. The first-order valence-electron chi connectivity index (χ1n) is 7.28. The van der Waals surface area contributed by atoms with Crippen LogP contribution >= 0.6 is 11.6 Å². The number of rotatable bonds is 3. The molecule has 0 aromatic heterocycles. The van der Waals surface area contributed by atoms with Crippen molar-refractivity contribution in [2.45, 2.75) is 58.3 Å². The number of hydrogen-bond acceptors (Lipinski definition) is 0. The lowest BCUT2D eigenvalue weighted by Crippen LogP contribution is -2.22. The highest BCUT2D eigenvalue weighted by atomic mass is 35.5. The summed E-state index contributed by atoms with van der Waals surface area (Å²) in [6, 6.07) is 9.04. The molecule has 0 amide bonds. The molecule has 0 saturated carbocycles. The average Bonchev–Trinajstić information content (AvgIpc) is 2.26. The van der Waals surface area contributed by atoms with Gasteiger partial charge in [0.2, 0.25) is 0 Å². The van der Waals surface area contributed by atoms with Gasteiger partial charge in [0, 0.05) is 0 Å². The number of benzene rings is 1. The molecular formula is C18H25Cl. The molecule has 0 spiro atoms. The van der Waals surface area contributed by atoms with Crippen LogP contribution in [0.2, 0.25) is 0 Å². The maximum Gasteiger partial charge on any atom is 0.0523 e. The number of allylic oxidation sites excluding steroid dienone is 2. The molecular weight excluding hydrogens is 252 g/mol. The molecule has 1 aliphatic carbocycles. The second-order valence-electron chi connectivity index (χ2n) is 6.96. The Morgan fingerprint density at radius 2 is 1.84 bits per heavy atom. The van der Waals surface area contributed by atoms with Crippen molar-refractivity contribution >= 4 is 11.6 Å². The molecule has 0 N–H and O–H groups in total. The van der Waals surface area contributed by atoms with Gasteiger partial charge in [-0.1, -0.05) is 63.6 Å². The van der Waals surface area contributed by atoms with Crippen molar-refractivity contribution in [3.05, 3.63) is 47.0 Å². The molecule has 0 saturated heterocycles. The first-order chi connectivity index (χ1) is 8.85. The molecule has 0 bridgehead atoms. The lowest BCUT2D eigenvalue weighted by molar-refractivity contribution is 0.320. The van der Waals surface area contributed by atoms with Crippen LogP contribution in [-0.4, -0.2) is 5.38 Å². The topological polar surface area (TPSA) is 0 Å². The standard InChI is InChI=1S/C18H25Cl/c1-13(2)16-7-5-14(6-8-16)9-15-10-17(19)12-18(3,4)11-15/h5-8,10,13,17H,9,11-12H2,1-4H3. The molecule has 0 fully saturated rings. The summed E-state index contributed by atoms with van der Waals surface area (Å²) in [7, 11) is 0. The summed E-state index contributed by atoms with van der Waals surface area (Å²) in [4.78, 5) is 0. The van der Waals surface area contributed by atoms with Crippen molar-refractivity contribution in [2.75, 3.05) is 0 Å². The Bertz CT molecular complexity index is 451. The quantitative estimate of drug-likeness (QED) is 0.490. The minimum absolute atomic E-state index is 0.202. The highest BCUT2D eigenvalue weighted by Crippen LogP contribution is 2.38. The van der Waals surface area contributed by atoms with Gasteiger partial charge in [0.15, 0.2) is 0 Å². The van der Waals surface area contributed by atoms with Crippen LogP contribution in [0.15, 0.2) is 35.9 Å². The molecule has 1 heteroatoms. The molecule has 0 radical (unpaired) electrons. The molecule has 104 valence electrons. The maximum atomic E-state index is 6.35. The maximum absolute atomic E-state index is 6.35. The van der Waals surface area contributed by atoms with E-state index >= 15 is 0 Å². The summed E-state index contributed by atoms with van der Waals surface area (Å²) in [5.74, 6) is 0.606. The highest BCUT2D eigenvalue weighted by Gasteiger charge is 2.27. The van der Waals surface area contributed by atoms with Gasteiger partial charge >= 0.3 is 0 Å². The zero-order valence-corrected chi connectivity index (χ0v) is 13.3. The van der Waals surface area contributed by atoms with E-state index in [0.717, 1.165) is 12.8 Å². The first kappa shape index (κ1) is 14.7. The fraction of sp³-hybridized carbons (Fsp3) is 0.556. The molecule has 2 rings (SSSR count). The number of hydrogen-bond donors (Lipinski definition) is 0. The molecule has 0 aliphatic heterocycles. The molecule has 0 heterocycles. The van der Waals surface area contributed by atoms with Crippen LogP contribution < -0.4 is 0 Å². The van der Waals surface area contributed by atoms with E-state index in [1.54, 1.807) is 0 Å². The Balaban J connectivity index is 2.08. The van der Waals surface area contributed by atoms with E-state index in [2.05, 4.69) is 58.0 Å². The SMILES string of the molecule is CC(C)c1ccc(CC2=CC(Cl)CC(C)(C)C2)cc1. The van der Waals surface area contributed by atoms with Crippen molar-refractivity contribution in [1.29, 1.82) is 0 Å². The summed E-state index contributed by atoms with van der Waals surface area (Å²) in [6.07, 6.45) is 5.57. The van der Waals surface area contributed by atoms with E-state index in [1.807, 2.05) is 0 Å². The molecule has 1 unspecified atom stereocenters. The Hall–Kier alpha value is -0.750. The van der Waals surface area contributed by atoms with Gasteiger partial charge < -0.3 is 0 Å². The summed E-state index contributed by atoms with van der Waals surface area (Å²) < 4.78 is 0. The van der Waals surface area contributed by atoms with Crippen LogP contribution in [0, 0.1) is 5.41 Å². The molecule has 1 aromatic rings. The van der Waals surface area contributed by atoms with Gasteiger partial charge in [-0.25, -0.2) is 0 Å². The second kappa shape index (κ2) is 5.71. The molecule has 1 atom stereocenters. The fourth-order valence-electron chi connectivity index (χ4n) is 2.99. The summed E-state index contributed by atoms with van der Waals surface area (Å²) in [5, 5.41) is 0.202. The van der Waals surface area contributed by atoms with Crippen molar-refractivity contribution in [1.82, 2.24) is 0 Å². The zero-order chi connectivity index (χ0) is 14.0. The van der Waals surface area contributed by atoms with Gasteiger partial charge in [-0.2, -0.15) is 0 Å². The van der Waals surface area contributed by atoms with Crippen LogP contribution in [0.1, 0.15) is 57.6 Å². The van der Waals surface area contributed by atoms with Gasteiger partial charge in [0.1, 0.15) is 0 Å². The third-order valence-corrected chi connectivity index (χ3v) is 4.23. The van der Waals surface area contributed by atoms with Gasteiger partial charge in [-0.3, -0.25) is 0 Å². The largest absolute Gasteiger partial charge is 0.118 e. The van der Waals surface area contributed by atoms with Crippen LogP contribution in [-0.2, 0) is 6.42 Å². The molecule has 19 heavy (non-hydrogen) atoms.